The van der Waals surface area contributed by atoms with Crippen molar-refractivity contribution in [3.8, 4) is 11.5 Å². The van der Waals surface area contributed by atoms with Crippen LogP contribution in [-0.4, -0.2) is 35.1 Å². The number of carbonyl (C=O) groups is 1. The van der Waals surface area contributed by atoms with E-state index in [2.05, 4.69) is 27.8 Å². The maximum atomic E-state index is 13.4. The highest BCUT2D eigenvalue weighted by atomic mass is 79.9. The first-order chi connectivity index (χ1) is 14.2. The van der Waals surface area contributed by atoms with Gasteiger partial charge < -0.3 is 14.8 Å². The molecule has 7 nitrogen and oxygen atoms in total. The molecular formula is C21H21BrN2O5S. The molecule has 2 aromatic carbocycles. The van der Waals surface area contributed by atoms with E-state index in [-0.39, 0.29) is 11.4 Å². The molecular weight excluding hydrogens is 472 g/mol. The molecule has 158 valence electrons. The van der Waals surface area contributed by atoms with Gasteiger partial charge in [-0.05, 0) is 42.8 Å². The summed E-state index contributed by atoms with van der Waals surface area (Å²) in [5.41, 5.74) is 1.75. The van der Waals surface area contributed by atoms with Crippen LogP contribution < -0.4 is 19.1 Å². The molecule has 0 saturated heterocycles. The van der Waals surface area contributed by atoms with Crippen molar-refractivity contribution in [1.29, 1.82) is 0 Å². The van der Waals surface area contributed by atoms with E-state index in [4.69, 9.17) is 9.47 Å². The second-order valence-corrected chi connectivity index (χ2v) is 9.18. The number of allylic oxidation sites excluding steroid dienone is 1. The maximum absolute atomic E-state index is 13.4. The van der Waals surface area contributed by atoms with Gasteiger partial charge in [-0.1, -0.05) is 22.0 Å². The predicted molar refractivity (Wildman–Crippen MR) is 121 cm³/mol. The van der Waals surface area contributed by atoms with E-state index < -0.39 is 15.9 Å². The normalized spacial score (nSPS) is 14.7. The van der Waals surface area contributed by atoms with Gasteiger partial charge in [0.05, 0.1) is 26.5 Å². The smallest absolute Gasteiger partial charge is 0.270 e. The molecule has 1 amide bonds. The van der Waals surface area contributed by atoms with E-state index >= 15 is 0 Å². The van der Waals surface area contributed by atoms with Gasteiger partial charge in [-0.2, -0.15) is 0 Å². The zero-order valence-electron chi connectivity index (χ0n) is 16.7. The first-order valence-corrected chi connectivity index (χ1v) is 11.2. The lowest BCUT2D eigenvalue weighted by Crippen LogP contribution is -2.39. The number of methoxy groups -OCH3 is 2. The van der Waals surface area contributed by atoms with Crippen LogP contribution >= 0.6 is 15.9 Å². The molecule has 0 aromatic heterocycles. The van der Waals surface area contributed by atoms with Crippen molar-refractivity contribution in [3.05, 3.63) is 64.0 Å². The van der Waals surface area contributed by atoms with E-state index in [1.54, 1.807) is 43.3 Å². The van der Waals surface area contributed by atoms with Crippen molar-refractivity contribution in [3.63, 3.8) is 0 Å². The van der Waals surface area contributed by atoms with Crippen molar-refractivity contribution in [2.45, 2.75) is 6.92 Å². The Morgan fingerprint density at radius 1 is 1.17 bits per heavy atom. The zero-order chi connectivity index (χ0) is 22.1. The van der Waals surface area contributed by atoms with Crippen LogP contribution in [-0.2, 0) is 14.8 Å². The molecule has 9 heteroatoms. The standard InChI is InChI=1S/C21H21BrN2O5S/c1-5-10-24-17-12-19(29-4)18(28-3)11-16(17)13(2)20(30(24,26)27)21(25)23-15-8-6-14(22)7-9-15/h5-9,11-12H,1,10H2,2-4H3,(H,23,25). The van der Waals surface area contributed by atoms with Gasteiger partial charge in [0.15, 0.2) is 16.4 Å². The number of anilines is 2. The van der Waals surface area contributed by atoms with Gasteiger partial charge in [0.1, 0.15) is 0 Å². The third-order valence-corrected chi connectivity index (χ3v) is 7.13. The summed E-state index contributed by atoms with van der Waals surface area (Å²) in [5, 5.41) is 2.66. The van der Waals surface area contributed by atoms with Gasteiger partial charge in [0, 0.05) is 21.8 Å². The second kappa shape index (κ2) is 8.53. The van der Waals surface area contributed by atoms with Gasteiger partial charge in [-0.3, -0.25) is 9.10 Å². The quantitative estimate of drug-likeness (QED) is 0.611. The number of halogens is 1. The summed E-state index contributed by atoms with van der Waals surface area (Å²) in [6.45, 7) is 5.25. The van der Waals surface area contributed by atoms with E-state index in [0.29, 0.717) is 34.0 Å². The summed E-state index contributed by atoms with van der Waals surface area (Å²) in [5.74, 6) is 0.0986. The van der Waals surface area contributed by atoms with Crippen molar-refractivity contribution < 1.29 is 22.7 Å². The molecule has 0 atom stereocenters. The summed E-state index contributed by atoms with van der Waals surface area (Å²) >= 11 is 3.33. The average Bonchev–Trinajstić information content (AvgIpc) is 2.71. The number of fused-ring (bicyclic) bond motifs is 1. The van der Waals surface area contributed by atoms with Gasteiger partial charge >= 0.3 is 0 Å². The fraction of sp³-hybridized carbons (Fsp3) is 0.190. The molecule has 0 radical (unpaired) electrons. The number of ether oxygens (including phenoxy) is 2. The number of nitrogens with one attached hydrogen (secondary N) is 1. The minimum Gasteiger partial charge on any atom is -0.493 e. The third kappa shape index (κ3) is 3.82. The minimum atomic E-state index is -4.14. The number of nitrogens with zero attached hydrogens (tertiary/aromatic N) is 1. The van der Waals surface area contributed by atoms with Crippen LogP contribution in [0.5, 0.6) is 11.5 Å². The van der Waals surface area contributed by atoms with Crippen molar-refractivity contribution in [1.82, 2.24) is 0 Å². The Morgan fingerprint density at radius 3 is 2.33 bits per heavy atom. The molecule has 1 aliphatic heterocycles. The SMILES string of the molecule is C=CCN1c2cc(OC)c(OC)cc2C(C)=C(C(=O)Nc2ccc(Br)cc2)S1(=O)=O. The topological polar surface area (TPSA) is 84.9 Å². The summed E-state index contributed by atoms with van der Waals surface area (Å²) < 4.78 is 39.5. The van der Waals surface area contributed by atoms with E-state index in [9.17, 15) is 13.2 Å². The first kappa shape index (κ1) is 21.9. The van der Waals surface area contributed by atoms with Crippen LogP contribution in [0.3, 0.4) is 0 Å². The summed E-state index contributed by atoms with van der Waals surface area (Å²) in [6.07, 6.45) is 1.46. The fourth-order valence-corrected chi connectivity index (χ4v) is 5.23. The number of amides is 1. The summed E-state index contributed by atoms with van der Waals surface area (Å²) in [7, 11) is -1.17. The maximum Gasteiger partial charge on any atom is 0.270 e. The van der Waals surface area contributed by atoms with Gasteiger partial charge in [-0.15, -0.1) is 6.58 Å². The van der Waals surface area contributed by atoms with Crippen LogP contribution in [0.15, 0.2) is 58.4 Å². The molecule has 0 fully saturated rings. The van der Waals surface area contributed by atoms with Crippen molar-refractivity contribution in [2.24, 2.45) is 0 Å². The number of benzene rings is 2. The lowest BCUT2D eigenvalue weighted by molar-refractivity contribution is -0.112. The fourth-order valence-electron chi connectivity index (χ4n) is 3.25. The van der Waals surface area contributed by atoms with E-state index in [0.717, 1.165) is 8.78 Å². The first-order valence-electron chi connectivity index (χ1n) is 8.92. The number of hydrogen-bond acceptors (Lipinski definition) is 5. The van der Waals surface area contributed by atoms with E-state index in [1.807, 2.05) is 0 Å². The van der Waals surface area contributed by atoms with Gasteiger partial charge in [0.2, 0.25) is 0 Å². The number of rotatable bonds is 6. The lowest BCUT2D eigenvalue weighted by atomic mass is 10.0. The summed E-state index contributed by atoms with van der Waals surface area (Å²) in [4.78, 5) is 12.7. The third-order valence-electron chi connectivity index (χ3n) is 4.67. The Kier molecular flexibility index (Phi) is 6.23. The highest BCUT2D eigenvalue weighted by Gasteiger charge is 2.39. The minimum absolute atomic E-state index is 0.00679. The Morgan fingerprint density at radius 2 is 1.77 bits per heavy atom. The highest BCUT2D eigenvalue weighted by Crippen LogP contribution is 2.45. The molecule has 1 heterocycles. The Bertz CT molecular complexity index is 1140. The van der Waals surface area contributed by atoms with Crippen LogP contribution in [0.2, 0.25) is 0 Å². The molecule has 0 aliphatic carbocycles. The van der Waals surface area contributed by atoms with Crippen molar-refractivity contribution >= 4 is 48.8 Å². The molecule has 3 rings (SSSR count). The number of hydrogen-bond donors (Lipinski definition) is 1. The Hall–Kier alpha value is -2.78. The van der Waals surface area contributed by atoms with Crippen LogP contribution in [0.1, 0.15) is 12.5 Å². The zero-order valence-corrected chi connectivity index (χ0v) is 19.1. The van der Waals surface area contributed by atoms with E-state index in [1.165, 1.54) is 20.3 Å². The van der Waals surface area contributed by atoms with Gasteiger partial charge in [-0.25, -0.2) is 8.42 Å². The molecule has 0 unspecified atom stereocenters. The molecule has 30 heavy (non-hydrogen) atoms. The predicted octanol–water partition coefficient (Wildman–Crippen LogP) is 4.17. The Labute approximate surface area is 184 Å². The molecule has 1 N–H and O–H groups in total. The highest BCUT2D eigenvalue weighted by molar-refractivity contribution is 9.10. The molecule has 0 bridgehead atoms. The Balaban J connectivity index is 2.19. The molecule has 1 aliphatic rings. The number of carbonyl (C=O) groups excluding carboxylic acids is 1. The monoisotopic (exact) mass is 492 g/mol. The summed E-state index contributed by atoms with van der Waals surface area (Å²) in [6, 6.07) is 10.1. The van der Waals surface area contributed by atoms with Crippen LogP contribution in [0, 0.1) is 0 Å². The van der Waals surface area contributed by atoms with Gasteiger partial charge in [0.25, 0.3) is 15.9 Å². The van der Waals surface area contributed by atoms with Crippen LogP contribution in [0.4, 0.5) is 11.4 Å². The lowest BCUT2D eigenvalue weighted by Gasteiger charge is -2.32. The number of sulfonamides is 1. The molecule has 2 aromatic rings. The molecule has 0 saturated carbocycles. The second-order valence-electron chi connectivity index (χ2n) is 6.46. The van der Waals surface area contributed by atoms with Crippen LogP contribution in [0.25, 0.3) is 5.57 Å². The van der Waals surface area contributed by atoms with Crippen molar-refractivity contribution in [2.75, 3.05) is 30.4 Å². The molecule has 0 spiro atoms. The largest absolute Gasteiger partial charge is 0.493 e. The average molecular weight is 493 g/mol.